The van der Waals surface area contributed by atoms with E-state index in [4.69, 9.17) is 18.9 Å². The van der Waals surface area contributed by atoms with Crippen LogP contribution in [-0.2, 0) is 46.5 Å². The van der Waals surface area contributed by atoms with E-state index in [-0.39, 0.29) is 25.4 Å². The third-order valence-corrected chi connectivity index (χ3v) is 6.32. The second kappa shape index (κ2) is 18.8. The van der Waals surface area contributed by atoms with Gasteiger partial charge in [0.1, 0.15) is 42.3 Å². The van der Waals surface area contributed by atoms with E-state index in [2.05, 4.69) is 0 Å². The number of ether oxygens (including phenoxy) is 4. The molecule has 0 N–H and O–H groups in total. The van der Waals surface area contributed by atoms with Crippen molar-refractivity contribution in [2.75, 3.05) is 14.1 Å². The van der Waals surface area contributed by atoms with E-state index >= 15 is 0 Å². The van der Waals surface area contributed by atoms with Crippen LogP contribution in [0.3, 0.4) is 0 Å². The largest absolute Gasteiger partial charge is 0.459 e. The molecule has 11 nitrogen and oxygen atoms in total. The van der Waals surface area contributed by atoms with Crippen LogP contribution in [0.25, 0.3) is 0 Å². The molecule has 2 atom stereocenters. The molecule has 0 heterocycles. The Morgan fingerprint density at radius 2 is 0.980 bits per heavy atom. The fourth-order valence-electron chi connectivity index (χ4n) is 3.94. The Balaban J connectivity index is 0.000000490. The van der Waals surface area contributed by atoms with Crippen LogP contribution in [0.15, 0.2) is 60.7 Å². The molecular formula is C36H50F2N2O9. The molecule has 0 aliphatic heterocycles. The van der Waals surface area contributed by atoms with Crippen molar-refractivity contribution in [1.29, 1.82) is 0 Å². The Morgan fingerprint density at radius 3 is 1.31 bits per heavy atom. The van der Waals surface area contributed by atoms with Crippen molar-refractivity contribution >= 4 is 29.9 Å². The molecule has 2 rings (SSSR count). The van der Waals surface area contributed by atoms with Gasteiger partial charge in [-0.15, -0.1) is 0 Å². The van der Waals surface area contributed by atoms with Crippen LogP contribution in [0.1, 0.15) is 79.4 Å². The van der Waals surface area contributed by atoms with E-state index in [9.17, 15) is 32.8 Å². The molecule has 272 valence electrons. The monoisotopic (exact) mass is 692 g/mol. The van der Waals surface area contributed by atoms with Gasteiger partial charge in [-0.25, -0.2) is 28.0 Å². The van der Waals surface area contributed by atoms with E-state index in [0.717, 1.165) is 20.9 Å². The average Bonchev–Trinajstić information content (AvgIpc) is 2.98. The lowest BCUT2D eigenvalue weighted by Gasteiger charge is -2.30. The number of ketones is 1. The van der Waals surface area contributed by atoms with Gasteiger partial charge in [0.2, 0.25) is 5.92 Å². The summed E-state index contributed by atoms with van der Waals surface area (Å²) in [6.07, 6.45) is -2.51. The Bertz CT molecular complexity index is 1370. The number of alkyl halides is 2. The van der Waals surface area contributed by atoms with Crippen molar-refractivity contribution in [3.05, 3.63) is 71.8 Å². The number of amides is 2. The maximum absolute atomic E-state index is 13.5. The molecule has 0 radical (unpaired) electrons. The van der Waals surface area contributed by atoms with Gasteiger partial charge in [-0.05, 0) is 66.5 Å². The number of hydrogen-bond acceptors (Lipinski definition) is 9. The van der Waals surface area contributed by atoms with Gasteiger partial charge in [-0.2, -0.15) is 0 Å². The maximum atomic E-state index is 13.5. The quantitative estimate of drug-likeness (QED) is 0.171. The first-order chi connectivity index (χ1) is 22.5. The maximum Gasteiger partial charge on any atom is 0.410 e. The fourth-order valence-corrected chi connectivity index (χ4v) is 3.94. The molecule has 2 aromatic rings. The number of benzene rings is 2. The molecule has 0 spiro atoms. The van der Waals surface area contributed by atoms with Gasteiger partial charge in [0.05, 0.1) is 0 Å². The molecule has 0 saturated carbocycles. The first-order valence-corrected chi connectivity index (χ1v) is 15.7. The van der Waals surface area contributed by atoms with Gasteiger partial charge in [0, 0.05) is 26.9 Å². The van der Waals surface area contributed by atoms with Crippen molar-refractivity contribution in [3.63, 3.8) is 0 Å². The van der Waals surface area contributed by atoms with E-state index < -0.39 is 59.8 Å². The number of hydrogen-bond donors (Lipinski definition) is 0. The number of halogens is 2. The number of likely N-dealkylation sites (N-methyl/N-ethyl adjacent to an activating group) is 2. The number of rotatable bonds is 12. The number of carbonyl (C=O) groups excluding carboxylic acids is 5. The lowest BCUT2D eigenvalue weighted by molar-refractivity contribution is -0.154. The second-order valence-electron chi connectivity index (χ2n) is 13.6. The summed E-state index contributed by atoms with van der Waals surface area (Å²) in [5, 5.41) is 0. The zero-order valence-corrected chi connectivity index (χ0v) is 30.1. The molecule has 0 fully saturated rings. The van der Waals surface area contributed by atoms with Crippen molar-refractivity contribution < 1.29 is 51.7 Å². The summed E-state index contributed by atoms with van der Waals surface area (Å²) in [6.45, 7) is 12.2. The van der Waals surface area contributed by atoms with Gasteiger partial charge < -0.3 is 18.9 Å². The van der Waals surface area contributed by atoms with Crippen molar-refractivity contribution in [2.45, 2.75) is 111 Å². The van der Waals surface area contributed by atoms with Crippen LogP contribution >= 0.6 is 0 Å². The van der Waals surface area contributed by atoms with Gasteiger partial charge in [0.25, 0.3) is 0 Å². The highest BCUT2D eigenvalue weighted by molar-refractivity contribution is 5.88. The number of Topliss-reactive ketones (excluding diaryl/α,β-unsaturated/α-hetero) is 1. The number of carbonyl (C=O) groups is 5. The van der Waals surface area contributed by atoms with Gasteiger partial charge in [-0.1, -0.05) is 60.7 Å². The van der Waals surface area contributed by atoms with Crippen LogP contribution in [0, 0.1) is 0 Å². The summed E-state index contributed by atoms with van der Waals surface area (Å²) < 4.78 is 47.7. The number of esters is 2. The molecule has 0 aromatic heterocycles. The molecule has 2 aromatic carbocycles. The number of nitrogens with zero attached hydrogens (tertiary/aromatic N) is 2. The van der Waals surface area contributed by atoms with Gasteiger partial charge >= 0.3 is 24.1 Å². The SMILES string of the molecule is CC(=O)C[C@@H](C(=O)OCc1ccccc1)N(C)C(=O)OC(C)(C)C.CN(C(=O)OC(C)(C)C)[C@@H](CC(C)(F)F)C(=O)OCc1ccccc1. The Morgan fingerprint density at radius 1 is 0.633 bits per heavy atom. The van der Waals surface area contributed by atoms with Gasteiger partial charge in [-0.3, -0.25) is 14.6 Å². The van der Waals surface area contributed by atoms with E-state index in [1.807, 2.05) is 36.4 Å². The topological polar surface area (TPSA) is 129 Å². The smallest absolute Gasteiger partial charge is 0.410 e. The highest BCUT2D eigenvalue weighted by atomic mass is 19.3. The molecule has 13 heteroatoms. The standard InChI is InChI=1S/C18H25F2NO4.C18H25NO5/c1-17(2,3)25-16(23)21(5)14(11-18(4,19)20)15(22)24-12-13-9-7-6-8-10-13;1-13(20)11-15(19(5)17(22)24-18(2,3)4)16(21)23-12-14-9-7-6-8-10-14/h6-10,14H,11-12H2,1-5H3;6-10,15H,11-12H2,1-5H3/t14-;15-/m00/s1. The molecule has 0 aliphatic carbocycles. The Hall–Kier alpha value is -4.55. The summed E-state index contributed by atoms with van der Waals surface area (Å²) in [4.78, 5) is 62.3. The molecule has 2 amide bonds. The van der Waals surface area contributed by atoms with Crippen LogP contribution in [0.4, 0.5) is 18.4 Å². The molecule has 0 aliphatic rings. The first-order valence-electron chi connectivity index (χ1n) is 15.7. The lowest BCUT2D eigenvalue weighted by Crippen LogP contribution is -2.47. The molecular weight excluding hydrogens is 642 g/mol. The van der Waals surface area contributed by atoms with Crippen molar-refractivity contribution in [1.82, 2.24) is 9.80 Å². The zero-order chi connectivity index (χ0) is 37.6. The highest BCUT2D eigenvalue weighted by Gasteiger charge is 2.38. The molecule has 0 unspecified atom stereocenters. The van der Waals surface area contributed by atoms with E-state index in [1.54, 1.807) is 65.8 Å². The third kappa shape index (κ3) is 18.0. The normalized spacial score (nSPS) is 12.7. The Labute approximate surface area is 287 Å². The minimum Gasteiger partial charge on any atom is -0.459 e. The zero-order valence-electron chi connectivity index (χ0n) is 30.1. The predicted octanol–water partition coefficient (Wildman–Crippen LogP) is 6.96. The van der Waals surface area contributed by atoms with Crippen LogP contribution < -0.4 is 0 Å². The lowest BCUT2D eigenvalue weighted by atomic mass is 10.1. The van der Waals surface area contributed by atoms with Crippen LogP contribution in [-0.4, -0.2) is 83.0 Å². The fraction of sp³-hybridized carbons (Fsp3) is 0.528. The predicted molar refractivity (Wildman–Crippen MR) is 179 cm³/mol. The molecule has 49 heavy (non-hydrogen) atoms. The summed E-state index contributed by atoms with van der Waals surface area (Å²) in [5.41, 5.74) is 0.0451. The summed E-state index contributed by atoms with van der Waals surface area (Å²) in [6, 6.07) is 15.6. The van der Waals surface area contributed by atoms with E-state index in [1.165, 1.54) is 21.0 Å². The Kier molecular flexibility index (Phi) is 16.3. The summed E-state index contributed by atoms with van der Waals surface area (Å²) >= 11 is 0. The highest BCUT2D eigenvalue weighted by Crippen LogP contribution is 2.24. The summed E-state index contributed by atoms with van der Waals surface area (Å²) in [7, 11) is 2.67. The average molecular weight is 693 g/mol. The van der Waals surface area contributed by atoms with E-state index in [0.29, 0.717) is 6.92 Å². The minimum atomic E-state index is -3.15. The third-order valence-electron chi connectivity index (χ3n) is 6.32. The summed E-state index contributed by atoms with van der Waals surface area (Å²) in [5.74, 6) is -4.90. The molecule has 0 saturated heterocycles. The van der Waals surface area contributed by atoms with Crippen LogP contribution in [0.2, 0.25) is 0 Å². The molecule has 0 bridgehead atoms. The second-order valence-corrected chi connectivity index (χ2v) is 13.6. The van der Waals surface area contributed by atoms with Crippen molar-refractivity contribution in [2.24, 2.45) is 0 Å². The van der Waals surface area contributed by atoms with Crippen molar-refractivity contribution in [3.8, 4) is 0 Å². The minimum absolute atomic E-state index is 0.0619. The van der Waals surface area contributed by atoms with Gasteiger partial charge in [0.15, 0.2) is 0 Å². The first kappa shape index (κ1) is 42.5. The van der Waals surface area contributed by atoms with Crippen LogP contribution in [0.5, 0.6) is 0 Å².